The first-order chi connectivity index (χ1) is 21.8. The lowest BCUT2D eigenvalue weighted by Crippen LogP contribution is -2.41. The first-order valence-electron chi connectivity index (χ1n) is 15.5. The Hall–Kier alpha value is -4.24. The Morgan fingerprint density at radius 3 is 1.87 bits per heavy atom. The summed E-state index contributed by atoms with van der Waals surface area (Å²) in [6, 6.07) is 22.7. The lowest BCUT2D eigenvalue weighted by molar-refractivity contribution is -0.137. The largest absolute Gasteiger partial charge is 0.416 e. The predicted octanol–water partition coefficient (Wildman–Crippen LogP) is 7.85. The predicted molar refractivity (Wildman–Crippen MR) is 179 cm³/mol. The second-order valence-corrected chi connectivity index (χ2v) is 11.8. The number of carbonyl (C=O) groups is 2. The molecule has 0 unspecified atom stereocenters. The van der Waals surface area contributed by atoms with E-state index in [0.29, 0.717) is 43.8 Å². The Bertz CT molecular complexity index is 1490. The van der Waals surface area contributed by atoms with Gasteiger partial charge in [-0.15, -0.1) is 0 Å². The van der Waals surface area contributed by atoms with Crippen LogP contribution in [-0.4, -0.2) is 65.9 Å². The molecule has 0 saturated carbocycles. The number of hydrazone groups is 1. The van der Waals surface area contributed by atoms with Gasteiger partial charge in [0.05, 0.1) is 5.56 Å². The van der Waals surface area contributed by atoms with E-state index in [0.717, 1.165) is 41.0 Å². The summed E-state index contributed by atoms with van der Waals surface area (Å²) >= 11 is 0. The Labute approximate surface area is 271 Å². The van der Waals surface area contributed by atoms with Crippen molar-refractivity contribution in [2.75, 3.05) is 33.7 Å². The van der Waals surface area contributed by atoms with Crippen molar-refractivity contribution in [1.29, 1.82) is 0 Å². The molecule has 3 aromatic carbocycles. The number of hydrogen-bond donors (Lipinski definition) is 0. The van der Waals surface area contributed by atoms with Crippen LogP contribution in [0.2, 0.25) is 0 Å². The summed E-state index contributed by atoms with van der Waals surface area (Å²) in [6.07, 6.45) is -2.52. The van der Waals surface area contributed by atoms with Gasteiger partial charge in [0.2, 0.25) is 5.91 Å². The summed E-state index contributed by atoms with van der Waals surface area (Å²) in [5.41, 5.74) is 5.16. The van der Waals surface area contributed by atoms with Crippen LogP contribution >= 0.6 is 0 Å². The Balaban J connectivity index is 1.86. The van der Waals surface area contributed by atoms with Gasteiger partial charge < -0.3 is 9.80 Å². The fourth-order valence-corrected chi connectivity index (χ4v) is 4.99. The molecule has 9 heteroatoms. The number of amides is 1. The van der Waals surface area contributed by atoms with Crippen LogP contribution in [0.4, 0.5) is 13.2 Å². The molecule has 0 fully saturated rings. The highest BCUT2D eigenvalue weighted by molar-refractivity contribution is 6.38. The molecule has 3 aromatic rings. The number of rotatable bonds is 15. The van der Waals surface area contributed by atoms with Crippen LogP contribution in [0.5, 0.6) is 0 Å². The summed E-state index contributed by atoms with van der Waals surface area (Å²) in [4.78, 5) is 30.2. The minimum Gasteiger partial charge on any atom is -0.335 e. The Kier molecular flexibility index (Phi) is 13.3. The molecule has 3 rings (SSSR count). The third-order valence-corrected chi connectivity index (χ3v) is 7.69. The first kappa shape index (κ1) is 36.2. The highest BCUT2D eigenvalue weighted by Crippen LogP contribution is 2.31. The molecule has 0 aliphatic carbocycles. The maximum atomic E-state index is 14.0. The topological polar surface area (TPSA) is 56.2 Å². The van der Waals surface area contributed by atoms with Gasteiger partial charge in [0.15, 0.2) is 5.78 Å². The molecule has 0 spiro atoms. The van der Waals surface area contributed by atoms with Gasteiger partial charge in [-0.2, -0.15) is 18.3 Å². The van der Waals surface area contributed by atoms with E-state index in [1.807, 2.05) is 82.2 Å². The lowest BCUT2D eigenvalue weighted by Gasteiger charge is -2.29. The Morgan fingerprint density at radius 2 is 1.37 bits per heavy atom. The Morgan fingerprint density at radius 1 is 0.783 bits per heavy atom. The van der Waals surface area contributed by atoms with Crippen LogP contribution in [0.25, 0.3) is 11.1 Å². The number of nitrogens with zero attached hydrogens (tertiary/aromatic N) is 4. The monoisotopic (exact) mass is 634 g/mol. The minimum atomic E-state index is -4.38. The second kappa shape index (κ2) is 16.9. The molecule has 0 aromatic heterocycles. The normalized spacial score (nSPS) is 11.8. The molecule has 0 saturated heterocycles. The number of allylic oxidation sites excluding steroid dienone is 2. The molecule has 0 atom stereocenters. The van der Waals surface area contributed by atoms with Gasteiger partial charge >= 0.3 is 6.18 Å². The number of Topliss-reactive ketones (excluding diaryl/α,β-unsaturated/α-hetero) is 1. The van der Waals surface area contributed by atoms with Crippen molar-refractivity contribution in [2.24, 2.45) is 5.10 Å². The summed E-state index contributed by atoms with van der Waals surface area (Å²) < 4.78 is 39.0. The first-order valence-corrected chi connectivity index (χ1v) is 15.5. The van der Waals surface area contributed by atoms with Crippen molar-refractivity contribution in [3.05, 3.63) is 107 Å². The van der Waals surface area contributed by atoms with Gasteiger partial charge in [-0.25, -0.2) is 0 Å². The summed E-state index contributed by atoms with van der Waals surface area (Å²) in [7, 11) is 3.90. The zero-order chi connectivity index (χ0) is 33.9. The lowest BCUT2D eigenvalue weighted by atomic mass is 10.0. The van der Waals surface area contributed by atoms with E-state index in [4.69, 9.17) is 5.10 Å². The van der Waals surface area contributed by atoms with Gasteiger partial charge in [0.25, 0.3) is 0 Å². The van der Waals surface area contributed by atoms with Crippen molar-refractivity contribution in [1.82, 2.24) is 14.8 Å². The van der Waals surface area contributed by atoms with Crippen LogP contribution in [0.3, 0.4) is 0 Å². The zero-order valence-corrected chi connectivity index (χ0v) is 27.7. The summed E-state index contributed by atoms with van der Waals surface area (Å²) in [5, 5.41) is 6.44. The van der Waals surface area contributed by atoms with Gasteiger partial charge in [-0.3, -0.25) is 14.6 Å². The molecule has 0 radical (unpaired) electrons. The van der Waals surface area contributed by atoms with Crippen molar-refractivity contribution in [3.8, 4) is 11.1 Å². The van der Waals surface area contributed by atoms with Crippen LogP contribution in [0, 0.1) is 0 Å². The molecular formula is C37H45F3N4O2. The summed E-state index contributed by atoms with van der Waals surface area (Å²) in [6.45, 7) is 8.81. The van der Waals surface area contributed by atoms with Gasteiger partial charge in [-0.1, -0.05) is 79.2 Å². The highest BCUT2D eigenvalue weighted by Gasteiger charge is 2.30. The van der Waals surface area contributed by atoms with E-state index in [-0.39, 0.29) is 18.2 Å². The zero-order valence-electron chi connectivity index (χ0n) is 27.7. The summed E-state index contributed by atoms with van der Waals surface area (Å²) in [5.74, 6) is -0.261. The standard InChI is InChI=1S/C37H45F3N4O2/c1-7-34(28(4)45)41-44(35(27(2)3)22-15-29-11-9-8-10-12-29)26-36(46)43(24-23-42(5)6)25-30-13-16-31(17-14-30)32-18-20-33(21-19-32)37(38,39)40/h8-14,16-21H,7,15,22-26H2,1-6H3/b41-34-. The number of benzene rings is 3. The van der Waals surface area contributed by atoms with Crippen molar-refractivity contribution >= 4 is 17.4 Å². The molecule has 0 aliphatic rings. The number of halogens is 3. The molecule has 0 aliphatic heterocycles. The minimum absolute atomic E-state index is 0.0247. The quantitative estimate of drug-likeness (QED) is 0.126. The second-order valence-electron chi connectivity index (χ2n) is 11.8. The highest BCUT2D eigenvalue weighted by atomic mass is 19.4. The van der Waals surface area contributed by atoms with E-state index in [2.05, 4.69) is 12.1 Å². The molecular weight excluding hydrogens is 589 g/mol. The van der Waals surface area contributed by atoms with Gasteiger partial charge in [-0.05, 0) is 81.6 Å². The van der Waals surface area contributed by atoms with Crippen molar-refractivity contribution < 1.29 is 22.8 Å². The smallest absolute Gasteiger partial charge is 0.335 e. The molecule has 246 valence electrons. The maximum Gasteiger partial charge on any atom is 0.416 e. The number of alkyl halides is 3. The number of carbonyl (C=O) groups excluding carboxylic acids is 2. The van der Waals surface area contributed by atoms with Gasteiger partial charge in [0, 0.05) is 32.3 Å². The molecule has 6 nitrogen and oxygen atoms in total. The van der Waals surface area contributed by atoms with E-state index < -0.39 is 11.7 Å². The van der Waals surface area contributed by atoms with E-state index in [1.165, 1.54) is 24.6 Å². The molecule has 0 heterocycles. The van der Waals surface area contributed by atoms with Crippen molar-refractivity contribution in [3.63, 3.8) is 0 Å². The molecule has 1 amide bonds. The number of hydrogen-bond acceptors (Lipinski definition) is 5. The van der Waals surface area contributed by atoms with Crippen LogP contribution < -0.4 is 0 Å². The fourth-order valence-electron chi connectivity index (χ4n) is 4.99. The number of aryl methyl sites for hydroxylation is 1. The van der Waals surface area contributed by atoms with Crippen molar-refractivity contribution in [2.45, 2.75) is 59.7 Å². The van der Waals surface area contributed by atoms with Crippen LogP contribution in [0.1, 0.15) is 57.2 Å². The van der Waals surface area contributed by atoms with Gasteiger partial charge in [0.1, 0.15) is 12.3 Å². The molecule has 0 bridgehead atoms. The van der Waals surface area contributed by atoms with E-state index in [9.17, 15) is 22.8 Å². The van der Waals surface area contributed by atoms with E-state index >= 15 is 0 Å². The fraction of sp³-hybridized carbons (Fsp3) is 0.378. The average Bonchev–Trinajstić information content (AvgIpc) is 3.01. The third kappa shape index (κ3) is 11.0. The maximum absolute atomic E-state index is 14.0. The van der Waals surface area contributed by atoms with E-state index in [1.54, 1.807) is 9.91 Å². The SMILES string of the molecule is CC/C(=N/N(CC(=O)N(CCN(C)C)Cc1ccc(-c2ccc(C(F)(F)F)cc2)cc1)C(CCc1ccccc1)=C(C)C)C(C)=O. The van der Waals surface area contributed by atoms with Crippen LogP contribution in [0.15, 0.2) is 95.2 Å². The number of ketones is 1. The third-order valence-electron chi connectivity index (χ3n) is 7.69. The number of likely N-dealkylation sites (N-methyl/N-ethyl adjacent to an activating group) is 1. The molecule has 46 heavy (non-hydrogen) atoms. The average molecular weight is 635 g/mol. The van der Waals surface area contributed by atoms with Crippen LogP contribution in [-0.2, 0) is 28.7 Å². The molecule has 0 N–H and O–H groups in total.